The zero-order chi connectivity index (χ0) is 82.1. The van der Waals surface area contributed by atoms with E-state index < -0.39 is 167 Å². The molecule has 111 heavy (non-hydrogen) atoms. The molecule has 10 unspecified atom stereocenters. The molecule has 8 aliphatic rings. The topological polar surface area (TPSA) is 339 Å². The van der Waals surface area contributed by atoms with Gasteiger partial charge >= 0.3 is 108 Å². The van der Waals surface area contributed by atoms with E-state index in [2.05, 4.69) is 0 Å². The molecule has 0 amide bonds. The second-order valence-corrected chi connectivity index (χ2v) is 90.4. The summed E-state index contributed by atoms with van der Waals surface area (Å²) >= 11 is 0. The third kappa shape index (κ3) is 29.7. The number of epoxide rings is 2. The highest BCUT2D eigenvalue weighted by Crippen LogP contribution is 2.54. The van der Waals surface area contributed by atoms with Gasteiger partial charge in [0.1, 0.15) is 12.2 Å². The summed E-state index contributed by atoms with van der Waals surface area (Å²) in [4.78, 5) is 0. The van der Waals surface area contributed by atoms with Crippen LogP contribution in [0.25, 0.3) is 0 Å². The third-order valence-electron chi connectivity index (χ3n) is 17.6. The minimum atomic E-state index is -5.79. The van der Waals surface area contributed by atoms with Crippen LogP contribution in [0.15, 0.2) is 0 Å². The Morgan fingerprint density at radius 3 is 0.631 bits per heavy atom. The quantitative estimate of drug-likeness (QED) is 0.0311. The molecule has 0 aromatic heterocycles. The molecule has 0 aliphatic carbocycles. The maximum absolute atomic E-state index is 8.24. The number of ether oxygens (including phenoxy) is 4. The highest BCUT2D eigenvalue weighted by molar-refractivity contribution is 7.04. The summed E-state index contributed by atoms with van der Waals surface area (Å²) in [6, 6.07) is 2.84. The highest BCUT2D eigenvalue weighted by Gasteiger charge is 2.92. The average Bonchev–Trinajstić information content (AvgIpc) is 0.846. The molecule has 0 saturated carbocycles. The summed E-state index contributed by atoms with van der Waals surface area (Å²) in [5.41, 5.74) is 0. The molecular formula is C56H138O36Si19. The lowest BCUT2D eigenvalue weighted by Crippen LogP contribution is -2.92. The molecule has 8 bridgehead atoms. The smallest absolute Gasteiger partial charge is 0.401 e. The Hall–Kier alpha value is 2.68. The molecule has 654 valence electrons. The van der Waals surface area contributed by atoms with Gasteiger partial charge in [-0.05, 0) is 198 Å². The van der Waals surface area contributed by atoms with Crippen LogP contribution in [0.2, 0.25) is 146 Å². The normalized spacial score (nSPS) is 29.7. The first-order valence-corrected chi connectivity index (χ1v) is 81.4. The van der Waals surface area contributed by atoms with Crippen LogP contribution in [0.3, 0.4) is 0 Å². The van der Waals surface area contributed by atoms with Crippen LogP contribution in [-0.4, -0.2) is 306 Å². The van der Waals surface area contributed by atoms with E-state index in [0.717, 1.165) is 0 Å². The minimum Gasteiger partial charge on any atom is -0.401 e. The molecule has 0 spiro atoms. The molecule has 10 atom stereocenters. The zero-order valence-corrected chi connectivity index (χ0v) is 90.8. The lowest BCUT2D eigenvalue weighted by molar-refractivity contribution is -0.133. The average molecular weight is 1920 g/mol. The van der Waals surface area contributed by atoms with Crippen molar-refractivity contribution in [2.24, 2.45) is 0 Å². The highest BCUT2D eigenvalue weighted by atomic mass is 28.7. The van der Waals surface area contributed by atoms with E-state index in [0.29, 0.717) is 118 Å². The Morgan fingerprint density at radius 2 is 0.450 bits per heavy atom. The molecule has 36 nitrogen and oxygen atoms in total. The Kier molecular flexibility index (Phi) is 38.7. The van der Waals surface area contributed by atoms with Crippen molar-refractivity contribution in [3.05, 3.63) is 0 Å². The first kappa shape index (κ1) is 101. The summed E-state index contributed by atoms with van der Waals surface area (Å²) in [5, 5.41) is 0. The largest absolute Gasteiger partial charge is 0.661 e. The van der Waals surface area contributed by atoms with Crippen LogP contribution in [0.1, 0.15) is 83.1 Å². The van der Waals surface area contributed by atoms with Crippen molar-refractivity contribution in [1.29, 1.82) is 0 Å². The lowest BCUT2D eigenvalue weighted by atomic mass is 10.5. The Balaban J connectivity index is 1.66. The molecule has 0 aromatic carbocycles. The van der Waals surface area contributed by atoms with Gasteiger partial charge in [0.2, 0.25) is 0 Å². The van der Waals surface area contributed by atoms with Crippen LogP contribution >= 0.6 is 0 Å². The van der Waals surface area contributed by atoms with Gasteiger partial charge in [-0.2, -0.15) is 0 Å². The Bertz CT molecular complexity index is 2730. The van der Waals surface area contributed by atoms with Crippen LogP contribution in [0.5, 0.6) is 0 Å². The standard InChI is InChI=1S/C56H138O36Si19/c1-27-62-100(63-28-2,64-29-3)47-43-96(19,20)77-107-83-104(57-13)81-105(74-93-14)84-108(76-95(17,18)42-40-59-52-56-54-61-56)86-106(82-104,75-94(15,16)41-39-58-51-55-53-60-55)88-110(89-107,79-98(23,24)45-49-102(68-33-7,69-34-8)70-35-9)92-111(90-108,80-99(25,26)46-50-103(71-36-10,72-37-11)73-38-12)91-109(85-105,87-107)78-97(21,22)44-48-101(65-30-4,66-31-5)67-32-6/h55-56H,27-54,93H2,1-26H3. The van der Waals surface area contributed by atoms with Crippen molar-refractivity contribution in [1.82, 2.24) is 0 Å². The number of hydrogen-bond acceptors (Lipinski definition) is 36. The predicted octanol–water partition coefficient (Wildman–Crippen LogP) is 8.89. The molecule has 8 fully saturated rings. The molecular weight excluding hydrogens is 1780 g/mol. The fourth-order valence-corrected chi connectivity index (χ4v) is 97.3. The third-order valence-corrected chi connectivity index (χ3v) is 86.7. The first-order valence-electron chi connectivity index (χ1n) is 39.9. The van der Waals surface area contributed by atoms with E-state index in [-0.39, 0.29) is 73.8 Å². The maximum atomic E-state index is 8.24. The molecule has 0 N–H and O–H groups in total. The molecule has 55 heteroatoms. The molecule has 8 heterocycles. The van der Waals surface area contributed by atoms with Gasteiger partial charge in [-0.25, -0.2) is 0 Å². The van der Waals surface area contributed by atoms with Crippen molar-refractivity contribution in [3.63, 3.8) is 0 Å². The van der Waals surface area contributed by atoms with Crippen LogP contribution in [0, 0.1) is 0 Å². The van der Waals surface area contributed by atoms with E-state index in [1.165, 1.54) is 7.11 Å². The van der Waals surface area contributed by atoms with Gasteiger partial charge in [0.25, 0.3) is 0 Å². The summed E-state index contributed by atoms with van der Waals surface area (Å²) < 4.78 is 260. The second-order valence-electron chi connectivity index (χ2n) is 30.5. The summed E-state index contributed by atoms with van der Waals surface area (Å²) in [6.45, 7) is 54.5. The maximum Gasteiger partial charge on any atom is 0.661 e. The van der Waals surface area contributed by atoms with E-state index in [1.54, 1.807) is 0 Å². The number of hydrogen-bond donors (Lipinski definition) is 0. The first-order chi connectivity index (χ1) is 52.1. The molecule has 8 aliphatic heterocycles. The Labute approximate surface area is 684 Å². The van der Waals surface area contributed by atoms with Crippen LogP contribution < -0.4 is 0 Å². The minimum absolute atomic E-state index is 0.0281. The predicted molar refractivity (Wildman–Crippen MR) is 445 cm³/mol. The SMILES string of the molecule is CCO[Si](CC[Si](C)(C)O[Si]12O[Si]3(OC)O[Si]4(O[SiH2]C)O[Si]5(O[Si](C)(C)CCOCC6CO6)O[Si](O[Si](C)(C)CCOCC6CO6)(O3)O[Si](O[Si](C)(C)CC[Si](OCC)(OCC)OCC)(O1)O[Si](O[Si](C)(C)CC[Si](OCC)(OCC)OCC)(O5)O[Si](O[Si](C)(C)CC[Si](OCC)(OCC)OCC)(O4)O2)(OCC)OCC. The zero-order valence-electron chi connectivity index (χ0n) is 71.4. The molecule has 0 radical (unpaired) electrons. The van der Waals surface area contributed by atoms with Crippen LogP contribution in [-0.2, 0) is 155 Å². The second kappa shape index (κ2) is 42.6. The monoisotopic (exact) mass is 1920 g/mol. The van der Waals surface area contributed by atoms with Crippen molar-refractivity contribution in [2.45, 2.75) is 241 Å². The van der Waals surface area contributed by atoms with Crippen molar-refractivity contribution in [2.75, 3.05) is 126 Å². The van der Waals surface area contributed by atoms with E-state index >= 15 is 0 Å². The van der Waals surface area contributed by atoms with Gasteiger partial charge in [0.15, 0.2) is 59.7 Å². The van der Waals surface area contributed by atoms with Crippen molar-refractivity contribution in [3.8, 4) is 0 Å². The summed E-state index contributed by atoms with van der Waals surface area (Å²) in [7, 11) is -80.9. The van der Waals surface area contributed by atoms with Crippen molar-refractivity contribution >= 4 is 167 Å². The molecule has 8 rings (SSSR count). The lowest BCUT2D eigenvalue weighted by Gasteiger charge is -2.60. The van der Waals surface area contributed by atoms with Gasteiger partial charge in [-0.15, -0.1) is 0 Å². The van der Waals surface area contributed by atoms with Gasteiger partial charge in [0, 0.05) is 124 Å². The van der Waals surface area contributed by atoms with Gasteiger partial charge in [-0.3, -0.25) is 0 Å². The van der Waals surface area contributed by atoms with Crippen molar-refractivity contribution < 1.29 is 155 Å². The summed E-state index contributed by atoms with van der Waals surface area (Å²) in [6.07, 6.45) is -0.0572. The van der Waals surface area contributed by atoms with Crippen LogP contribution in [0.4, 0.5) is 0 Å². The Morgan fingerprint density at radius 1 is 0.270 bits per heavy atom. The van der Waals surface area contributed by atoms with Gasteiger partial charge in [-0.1, -0.05) is 6.55 Å². The van der Waals surface area contributed by atoms with E-state index in [9.17, 15) is 0 Å². The van der Waals surface area contributed by atoms with Gasteiger partial charge < -0.3 is 155 Å². The van der Waals surface area contributed by atoms with E-state index in [4.69, 9.17) is 155 Å². The van der Waals surface area contributed by atoms with E-state index in [1.807, 2.05) is 168 Å². The summed E-state index contributed by atoms with van der Waals surface area (Å²) in [5.74, 6) is 0. The molecule has 8 saturated heterocycles. The fraction of sp³-hybridized carbons (Fsp3) is 1.00. The molecule has 0 aromatic rings. The van der Waals surface area contributed by atoms with Gasteiger partial charge in [0.05, 0.1) is 26.4 Å². The number of rotatable bonds is 61. The fourth-order valence-electron chi connectivity index (χ4n) is 12.7.